The number of hydrogen-bond acceptors (Lipinski definition) is 4. The van der Waals surface area contributed by atoms with Crippen LogP contribution in [-0.2, 0) is 0 Å². The molecule has 0 saturated carbocycles. The molecule has 2 rings (SSSR count). The summed E-state index contributed by atoms with van der Waals surface area (Å²) in [5, 5.41) is 0. The summed E-state index contributed by atoms with van der Waals surface area (Å²) in [7, 11) is 2.99. The standard InChI is InChI=1S/C18H16O4/c1-21-17-9-5-3-7-13(17)15(19)11-12-16(20)14-8-4-6-10-18(14)22-2/h3-12H,1-2H3/b12-11+. The van der Waals surface area contributed by atoms with Crippen molar-refractivity contribution in [1.82, 2.24) is 0 Å². The molecule has 0 radical (unpaired) electrons. The summed E-state index contributed by atoms with van der Waals surface area (Å²) in [5.41, 5.74) is 0.822. The van der Waals surface area contributed by atoms with Crippen LogP contribution in [0.25, 0.3) is 0 Å². The van der Waals surface area contributed by atoms with Gasteiger partial charge >= 0.3 is 0 Å². The quantitative estimate of drug-likeness (QED) is 0.606. The minimum Gasteiger partial charge on any atom is -0.496 e. The zero-order valence-corrected chi connectivity index (χ0v) is 12.4. The molecule has 2 aromatic carbocycles. The Kier molecular flexibility index (Phi) is 5.09. The maximum atomic E-state index is 12.2. The van der Waals surface area contributed by atoms with Gasteiger partial charge in [0.1, 0.15) is 11.5 Å². The summed E-state index contributed by atoms with van der Waals surface area (Å²) in [6.45, 7) is 0. The summed E-state index contributed by atoms with van der Waals surface area (Å²) in [6, 6.07) is 13.7. The van der Waals surface area contributed by atoms with Gasteiger partial charge in [0, 0.05) is 0 Å². The van der Waals surface area contributed by atoms with Gasteiger partial charge < -0.3 is 9.47 Å². The van der Waals surface area contributed by atoms with E-state index in [-0.39, 0.29) is 11.6 Å². The Balaban J connectivity index is 2.21. The maximum Gasteiger partial charge on any atom is 0.189 e. The fourth-order valence-corrected chi connectivity index (χ4v) is 2.03. The van der Waals surface area contributed by atoms with Crippen LogP contribution in [0.1, 0.15) is 20.7 Å². The number of rotatable bonds is 6. The summed E-state index contributed by atoms with van der Waals surface area (Å²) < 4.78 is 10.3. The fourth-order valence-electron chi connectivity index (χ4n) is 2.03. The Morgan fingerprint density at radius 3 is 1.45 bits per heavy atom. The summed E-state index contributed by atoms with van der Waals surface area (Å²) in [6.07, 6.45) is 2.49. The van der Waals surface area contributed by atoms with E-state index in [0.717, 1.165) is 0 Å². The number of carbonyl (C=O) groups excluding carboxylic acids is 2. The first kappa shape index (κ1) is 15.5. The van der Waals surface area contributed by atoms with E-state index in [2.05, 4.69) is 0 Å². The van der Waals surface area contributed by atoms with Crippen molar-refractivity contribution in [2.75, 3.05) is 14.2 Å². The van der Waals surface area contributed by atoms with Gasteiger partial charge in [0.05, 0.1) is 25.3 Å². The highest BCUT2D eigenvalue weighted by Crippen LogP contribution is 2.20. The Bertz CT molecular complexity index is 655. The van der Waals surface area contributed by atoms with Gasteiger partial charge in [-0.25, -0.2) is 0 Å². The molecule has 0 aliphatic heterocycles. The zero-order valence-electron chi connectivity index (χ0n) is 12.4. The molecule has 22 heavy (non-hydrogen) atoms. The molecule has 0 amide bonds. The Labute approximate surface area is 129 Å². The molecule has 4 nitrogen and oxygen atoms in total. The van der Waals surface area contributed by atoms with Gasteiger partial charge in [-0.2, -0.15) is 0 Å². The van der Waals surface area contributed by atoms with Gasteiger partial charge in [0.15, 0.2) is 11.6 Å². The molecule has 0 fully saturated rings. The monoisotopic (exact) mass is 296 g/mol. The summed E-state index contributed by atoms with van der Waals surface area (Å²) >= 11 is 0. The van der Waals surface area contributed by atoms with Crippen molar-refractivity contribution >= 4 is 11.6 Å². The van der Waals surface area contributed by atoms with Crippen LogP contribution in [0.4, 0.5) is 0 Å². The van der Waals surface area contributed by atoms with Crippen molar-refractivity contribution < 1.29 is 19.1 Å². The van der Waals surface area contributed by atoms with E-state index < -0.39 is 0 Å². The second-order valence-corrected chi connectivity index (χ2v) is 4.46. The number of para-hydroxylation sites is 2. The molecule has 112 valence electrons. The Morgan fingerprint density at radius 2 is 1.09 bits per heavy atom. The van der Waals surface area contributed by atoms with Gasteiger partial charge in [0.2, 0.25) is 0 Å². The lowest BCUT2D eigenvalue weighted by atomic mass is 10.1. The molecular formula is C18H16O4. The largest absolute Gasteiger partial charge is 0.496 e. The lowest BCUT2D eigenvalue weighted by Gasteiger charge is -2.05. The van der Waals surface area contributed by atoms with Crippen molar-refractivity contribution in [3.63, 3.8) is 0 Å². The fraction of sp³-hybridized carbons (Fsp3) is 0.111. The van der Waals surface area contributed by atoms with Crippen LogP contribution in [0.5, 0.6) is 11.5 Å². The number of benzene rings is 2. The van der Waals surface area contributed by atoms with Crippen LogP contribution in [0.2, 0.25) is 0 Å². The highest BCUT2D eigenvalue weighted by molar-refractivity contribution is 6.13. The number of methoxy groups -OCH3 is 2. The SMILES string of the molecule is COc1ccccc1C(=O)/C=C/C(=O)c1ccccc1OC. The van der Waals surface area contributed by atoms with Crippen LogP contribution < -0.4 is 9.47 Å². The molecule has 4 heteroatoms. The third kappa shape index (κ3) is 3.41. The predicted molar refractivity (Wildman–Crippen MR) is 83.8 cm³/mol. The lowest BCUT2D eigenvalue weighted by molar-refractivity contribution is 0.101. The van der Waals surface area contributed by atoms with E-state index in [4.69, 9.17) is 9.47 Å². The number of allylic oxidation sites excluding steroid dienone is 2. The molecule has 0 aliphatic rings. The van der Waals surface area contributed by atoms with Gasteiger partial charge in [-0.1, -0.05) is 24.3 Å². The zero-order chi connectivity index (χ0) is 15.9. The molecule has 0 bridgehead atoms. The number of ether oxygens (including phenoxy) is 2. The van der Waals surface area contributed by atoms with Crippen LogP contribution >= 0.6 is 0 Å². The smallest absolute Gasteiger partial charge is 0.189 e. The van der Waals surface area contributed by atoms with Crippen molar-refractivity contribution in [2.45, 2.75) is 0 Å². The van der Waals surface area contributed by atoms with Crippen LogP contribution in [0.15, 0.2) is 60.7 Å². The number of carbonyl (C=O) groups is 2. The number of ketones is 2. The van der Waals surface area contributed by atoms with Crippen molar-refractivity contribution in [3.8, 4) is 11.5 Å². The Hall–Kier alpha value is -2.88. The van der Waals surface area contributed by atoms with E-state index in [1.165, 1.54) is 26.4 Å². The molecule has 0 aliphatic carbocycles. The lowest BCUT2D eigenvalue weighted by Crippen LogP contribution is -2.02. The Morgan fingerprint density at radius 1 is 0.727 bits per heavy atom. The predicted octanol–water partition coefficient (Wildman–Crippen LogP) is 3.33. The molecular weight excluding hydrogens is 280 g/mol. The van der Waals surface area contributed by atoms with Crippen LogP contribution in [-0.4, -0.2) is 25.8 Å². The third-order valence-electron chi connectivity index (χ3n) is 3.13. The second kappa shape index (κ2) is 7.22. The average molecular weight is 296 g/mol. The third-order valence-corrected chi connectivity index (χ3v) is 3.13. The highest BCUT2D eigenvalue weighted by Gasteiger charge is 2.11. The van der Waals surface area contributed by atoms with Crippen LogP contribution in [0, 0.1) is 0 Å². The van der Waals surface area contributed by atoms with E-state index in [1.807, 2.05) is 0 Å². The van der Waals surface area contributed by atoms with Gasteiger partial charge in [-0.15, -0.1) is 0 Å². The van der Waals surface area contributed by atoms with E-state index in [0.29, 0.717) is 22.6 Å². The van der Waals surface area contributed by atoms with E-state index in [1.54, 1.807) is 48.5 Å². The first-order chi connectivity index (χ1) is 10.7. The van der Waals surface area contributed by atoms with Gasteiger partial charge in [-0.05, 0) is 36.4 Å². The molecule has 0 aromatic heterocycles. The molecule has 0 N–H and O–H groups in total. The first-order valence-electron chi connectivity index (χ1n) is 6.70. The maximum absolute atomic E-state index is 12.2. The normalized spacial score (nSPS) is 10.5. The van der Waals surface area contributed by atoms with Crippen molar-refractivity contribution in [3.05, 3.63) is 71.8 Å². The average Bonchev–Trinajstić information content (AvgIpc) is 2.59. The van der Waals surface area contributed by atoms with E-state index in [9.17, 15) is 9.59 Å². The summed E-state index contributed by atoms with van der Waals surface area (Å²) in [5.74, 6) is 0.366. The number of hydrogen-bond donors (Lipinski definition) is 0. The van der Waals surface area contributed by atoms with Gasteiger partial charge in [0.25, 0.3) is 0 Å². The molecule has 0 unspecified atom stereocenters. The minimum atomic E-state index is -0.291. The highest BCUT2D eigenvalue weighted by atomic mass is 16.5. The molecule has 0 saturated heterocycles. The van der Waals surface area contributed by atoms with Gasteiger partial charge in [-0.3, -0.25) is 9.59 Å². The summed E-state index contributed by atoms with van der Waals surface area (Å²) in [4.78, 5) is 24.3. The topological polar surface area (TPSA) is 52.6 Å². The van der Waals surface area contributed by atoms with E-state index >= 15 is 0 Å². The molecule has 0 spiro atoms. The van der Waals surface area contributed by atoms with Crippen molar-refractivity contribution in [2.24, 2.45) is 0 Å². The molecule has 2 aromatic rings. The first-order valence-corrected chi connectivity index (χ1v) is 6.70. The molecule has 0 atom stereocenters. The second-order valence-electron chi connectivity index (χ2n) is 4.46. The van der Waals surface area contributed by atoms with Crippen LogP contribution in [0.3, 0.4) is 0 Å². The molecule has 0 heterocycles. The minimum absolute atomic E-state index is 0.291. The van der Waals surface area contributed by atoms with Crippen molar-refractivity contribution in [1.29, 1.82) is 0 Å².